The molecule has 2 heterocycles. The lowest BCUT2D eigenvalue weighted by Crippen LogP contribution is -2.76. The summed E-state index contributed by atoms with van der Waals surface area (Å²) in [5.74, 6) is 1.46. The van der Waals surface area contributed by atoms with E-state index < -0.39 is 16.6 Å². The smallest absolute Gasteiger partial charge is 0.327 e. The first kappa shape index (κ1) is 22.4. The van der Waals surface area contributed by atoms with Gasteiger partial charge >= 0.3 is 6.03 Å². The van der Waals surface area contributed by atoms with E-state index in [-0.39, 0.29) is 18.0 Å². The lowest BCUT2D eigenvalue weighted by atomic mass is 9.46. The molecular weight excluding hydrogens is 430 g/mol. The number of ether oxygens (including phenoxy) is 1. The molecule has 1 unspecified atom stereocenters. The summed E-state index contributed by atoms with van der Waals surface area (Å²) in [5, 5.41) is 12.6. The van der Waals surface area contributed by atoms with Crippen molar-refractivity contribution in [3.05, 3.63) is 29.3 Å². The summed E-state index contributed by atoms with van der Waals surface area (Å²) in [6, 6.07) is 6.13. The summed E-state index contributed by atoms with van der Waals surface area (Å²) in [7, 11) is 1.68. The van der Waals surface area contributed by atoms with Gasteiger partial charge in [0, 0.05) is 31.1 Å². The van der Waals surface area contributed by atoms with Gasteiger partial charge in [0.2, 0.25) is 0 Å². The molecule has 2 saturated carbocycles. The van der Waals surface area contributed by atoms with Crippen LogP contribution in [-0.4, -0.2) is 82.2 Å². The molecule has 34 heavy (non-hydrogen) atoms. The third-order valence-corrected chi connectivity index (χ3v) is 9.85. The zero-order chi connectivity index (χ0) is 23.9. The molecule has 2 saturated heterocycles. The molecule has 6 rings (SSSR count). The van der Waals surface area contributed by atoms with Gasteiger partial charge in [0.15, 0.2) is 0 Å². The molecule has 4 atom stereocenters. The van der Waals surface area contributed by atoms with Crippen molar-refractivity contribution in [2.45, 2.75) is 81.4 Å². The first-order valence-electron chi connectivity index (χ1n) is 13.1. The number of imide groups is 1. The van der Waals surface area contributed by atoms with E-state index in [1.165, 1.54) is 23.3 Å². The van der Waals surface area contributed by atoms with Gasteiger partial charge in [-0.25, -0.2) is 4.79 Å². The number of fused-ring (bicyclic) bond motifs is 1. The Bertz CT molecular complexity index is 1040. The summed E-state index contributed by atoms with van der Waals surface area (Å²) in [4.78, 5) is 32.8. The van der Waals surface area contributed by atoms with Gasteiger partial charge in [-0.2, -0.15) is 0 Å². The summed E-state index contributed by atoms with van der Waals surface area (Å²) in [6.45, 7) is 6.69. The minimum absolute atomic E-state index is 0.0460. The Morgan fingerprint density at radius 1 is 1.12 bits per heavy atom. The van der Waals surface area contributed by atoms with E-state index in [0.717, 1.165) is 43.2 Å². The normalized spacial score (nSPS) is 37.2. The summed E-state index contributed by atoms with van der Waals surface area (Å²) in [5.41, 5.74) is -0.00462. The van der Waals surface area contributed by atoms with Crippen LogP contribution in [0.1, 0.15) is 63.5 Å². The average Bonchev–Trinajstić information content (AvgIpc) is 3.63. The molecule has 2 bridgehead atoms. The quantitative estimate of drug-likeness (QED) is 0.674. The second-order valence-electron chi connectivity index (χ2n) is 11.2. The fourth-order valence-corrected chi connectivity index (χ4v) is 8.00. The number of methoxy groups -OCH3 is 1. The van der Waals surface area contributed by atoms with Gasteiger partial charge in [0.1, 0.15) is 11.3 Å². The second kappa shape index (κ2) is 7.44. The third-order valence-electron chi connectivity index (χ3n) is 9.85. The van der Waals surface area contributed by atoms with Gasteiger partial charge in [-0.3, -0.25) is 14.6 Å². The molecule has 7 nitrogen and oxygen atoms in total. The Labute approximate surface area is 202 Å². The van der Waals surface area contributed by atoms with Gasteiger partial charge in [-0.05, 0) is 94.5 Å². The van der Waals surface area contributed by atoms with Crippen LogP contribution in [0, 0.1) is 5.92 Å². The Hall–Kier alpha value is -2.12. The Kier molecular flexibility index (Phi) is 4.89. The molecule has 5 aliphatic rings. The second-order valence-corrected chi connectivity index (χ2v) is 11.2. The van der Waals surface area contributed by atoms with E-state index in [2.05, 4.69) is 17.0 Å². The molecule has 1 aromatic carbocycles. The summed E-state index contributed by atoms with van der Waals surface area (Å²) in [6.07, 6.45) is 5.73. The average molecular weight is 468 g/mol. The largest absolute Gasteiger partial charge is 0.497 e. The van der Waals surface area contributed by atoms with E-state index in [0.29, 0.717) is 32.4 Å². The van der Waals surface area contributed by atoms with Crippen LogP contribution in [0.3, 0.4) is 0 Å². The third kappa shape index (κ3) is 2.71. The van der Waals surface area contributed by atoms with Crippen molar-refractivity contribution in [3.8, 4) is 5.75 Å². The van der Waals surface area contributed by atoms with Gasteiger partial charge in [0.05, 0.1) is 12.7 Å². The van der Waals surface area contributed by atoms with Crippen molar-refractivity contribution in [3.63, 3.8) is 0 Å². The monoisotopic (exact) mass is 467 g/mol. The van der Waals surface area contributed by atoms with E-state index in [9.17, 15) is 14.7 Å². The van der Waals surface area contributed by atoms with E-state index in [1.54, 1.807) is 12.0 Å². The molecule has 7 heteroatoms. The van der Waals surface area contributed by atoms with Crippen LogP contribution in [0.4, 0.5) is 4.79 Å². The minimum atomic E-state index is -0.923. The SMILES string of the molecule is CCN1C(=O)N(CC)[C@]2(CC[C@@]3(O)C4Cc5ccc(OC)cc5[C@@]3(CCN4CC3CC3)C2)C1=O. The number of aliphatic hydroxyl groups is 1. The molecule has 184 valence electrons. The molecule has 2 aliphatic heterocycles. The maximum Gasteiger partial charge on any atom is 0.327 e. The molecule has 1 spiro atoms. The molecule has 4 fully saturated rings. The zero-order valence-electron chi connectivity index (χ0n) is 20.7. The molecule has 3 amide bonds. The molecule has 0 radical (unpaired) electrons. The number of piperidine rings is 1. The van der Waals surface area contributed by atoms with Crippen molar-refractivity contribution in [2.24, 2.45) is 5.92 Å². The highest BCUT2D eigenvalue weighted by atomic mass is 16.5. The maximum absolute atomic E-state index is 13.8. The summed E-state index contributed by atoms with van der Waals surface area (Å²) >= 11 is 0. The van der Waals surface area contributed by atoms with Crippen LogP contribution >= 0.6 is 0 Å². The molecule has 3 aliphatic carbocycles. The highest BCUT2D eigenvalue weighted by Gasteiger charge is 2.71. The van der Waals surface area contributed by atoms with Crippen molar-refractivity contribution in [1.82, 2.24) is 14.7 Å². The standard InChI is InChI=1S/C27H37N3O4/c1-4-29-23(31)26(30(5-2)24(29)32)10-11-27(33)22-14-19-8-9-20(34-3)15-21(19)25(27,17-26)12-13-28(22)16-18-6-7-18/h8-9,15,18,22,33H,4-7,10-14,16-17H2,1-3H3/t22?,25-,26+,27-/m1/s1. The maximum atomic E-state index is 13.8. The number of urea groups is 1. The predicted octanol–water partition coefficient (Wildman–Crippen LogP) is 2.93. The Morgan fingerprint density at radius 2 is 1.91 bits per heavy atom. The Balaban J connectivity index is 1.51. The van der Waals surface area contributed by atoms with Crippen molar-refractivity contribution < 1.29 is 19.4 Å². The number of carbonyl (C=O) groups excluding carboxylic acids is 2. The number of hydrogen-bond donors (Lipinski definition) is 1. The lowest BCUT2D eigenvalue weighted by Gasteiger charge is -2.66. The molecule has 1 aromatic rings. The van der Waals surface area contributed by atoms with Gasteiger partial charge < -0.3 is 14.7 Å². The van der Waals surface area contributed by atoms with E-state index in [4.69, 9.17) is 4.74 Å². The van der Waals surface area contributed by atoms with Gasteiger partial charge in [-0.15, -0.1) is 0 Å². The highest BCUT2D eigenvalue weighted by Crippen LogP contribution is 2.62. The highest BCUT2D eigenvalue weighted by molar-refractivity contribution is 6.07. The zero-order valence-corrected chi connectivity index (χ0v) is 20.7. The van der Waals surface area contributed by atoms with Crippen LogP contribution in [-0.2, 0) is 16.6 Å². The number of nitrogens with zero attached hydrogens (tertiary/aromatic N) is 3. The van der Waals surface area contributed by atoms with Crippen LogP contribution < -0.4 is 4.74 Å². The van der Waals surface area contributed by atoms with Gasteiger partial charge in [0.25, 0.3) is 5.91 Å². The first-order valence-corrected chi connectivity index (χ1v) is 13.1. The minimum Gasteiger partial charge on any atom is -0.497 e. The van der Waals surface area contributed by atoms with Crippen molar-refractivity contribution in [2.75, 3.05) is 33.3 Å². The van der Waals surface area contributed by atoms with Crippen molar-refractivity contribution >= 4 is 11.9 Å². The molecule has 1 N–H and O–H groups in total. The van der Waals surface area contributed by atoms with E-state index >= 15 is 0 Å². The topological polar surface area (TPSA) is 73.3 Å². The number of amides is 3. The number of likely N-dealkylation sites (N-methyl/N-ethyl adjacent to an activating group) is 2. The first-order chi connectivity index (χ1) is 16.3. The van der Waals surface area contributed by atoms with Crippen LogP contribution in [0.15, 0.2) is 18.2 Å². The number of benzene rings is 1. The predicted molar refractivity (Wildman–Crippen MR) is 128 cm³/mol. The number of likely N-dealkylation sites (tertiary alicyclic amines) is 1. The fraction of sp³-hybridized carbons (Fsp3) is 0.704. The summed E-state index contributed by atoms with van der Waals surface area (Å²) < 4.78 is 5.61. The van der Waals surface area contributed by atoms with Crippen LogP contribution in [0.2, 0.25) is 0 Å². The van der Waals surface area contributed by atoms with Crippen LogP contribution in [0.25, 0.3) is 0 Å². The van der Waals surface area contributed by atoms with Crippen molar-refractivity contribution in [1.29, 1.82) is 0 Å². The molecular formula is C27H37N3O4. The number of hydrogen-bond acceptors (Lipinski definition) is 5. The van der Waals surface area contributed by atoms with Crippen LogP contribution in [0.5, 0.6) is 5.75 Å². The lowest BCUT2D eigenvalue weighted by molar-refractivity contribution is -0.188. The fourth-order valence-electron chi connectivity index (χ4n) is 8.00. The number of carbonyl (C=O) groups is 2. The van der Waals surface area contributed by atoms with Gasteiger partial charge in [-0.1, -0.05) is 6.07 Å². The molecule has 0 aromatic heterocycles. The Morgan fingerprint density at radius 3 is 2.59 bits per heavy atom. The van der Waals surface area contributed by atoms with E-state index in [1.807, 2.05) is 19.9 Å². The number of rotatable bonds is 5.